The Kier molecular flexibility index (Phi) is 6.22. The van der Waals surface area contributed by atoms with Crippen molar-refractivity contribution >= 4 is 17.7 Å². The number of aliphatic carboxylic acids is 1. The maximum absolute atomic E-state index is 10.7. The first kappa shape index (κ1) is 15.1. The number of benzene rings is 1. The molecule has 0 aliphatic rings. The molecule has 18 heavy (non-hydrogen) atoms. The molecule has 0 amide bonds. The van der Waals surface area contributed by atoms with Crippen LogP contribution in [0.4, 0.5) is 0 Å². The van der Waals surface area contributed by atoms with E-state index in [2.05, 4.69) is 31.2 Å². The van der Waals surface area contributed by atoms with Gasteiger partial charge in [-0.2, -0.15) is 0 Å². The fourth-order valence-corrected chi connectivity index (χ4v) is 2.50. The van der Waals surface area contributed by atoms with Crippen LogP contribution in [0.5, 0.6) is 0 Å². The number of carboxylic acids is 1. The molecular formula is C14H21NO2S. The third kappa shape index (κ3) is 5.56. The number of hydrogen-bond donors (Lipinski definition) is 1. The standard InChI is InChI=1S/C14H21NO2S/c1-11(2)15(10-14(16)17)8-9-18-13-6-4-12(3)5-7-13/h4-7,11H,8-10H2,1-3H3,(H,16,17). The van der Waals surface area contributed by atoms with Crippen molar-refractivity contribution in [2.24, 2.45) is 0 Å². The largest absolute Gasteiger partial charge is 0.480 e. The zero-order chi connectivity index (χ0) is 13.5. The summed E-state index contributed by atoms with van der Waals surface area (Å²) in [5, 5.41) is 8.83. The lowest BCUT2D eigenvalue weighted by Crippen LogP contribution is -2.37. The van der Waals surface area contributed by atoms with Gasteiger partial charge in [0.1, 0.15) is 0 Å². The van der Waals surface area contributed by atoms with Crippen molar-refractivity contribution in [3.63, 3.8) is 0 Å². The molecule has 1 N–H and O–H groups in total. The topological polar surface area (TPSA) is 40.5 Å². The van der Waals surface area contributed by atoms with E-state index in [0.29, 0.717) is 0 Å². The summed E-state index contributed by atoms with van der Waals surface area (Å²) in [5.41, 5.74) is 1.26. The fraction of sp³-hybridized carbons (Fsp3) is 0.500. The Labute approximate surface area is 113 Å². The number of thioether (sulfide) groups is 1. The highest BCUT2D eigenvalue weighted by Crippen LogP contribution is 2.18. The van der Waals surface area contributed by atoms with Crippen molar-refractivity contribution in [1.82, 2.24) is 4.90 Å². The zero-order valence-corrected chi connectivity index (χ0v) is 12.0. The van der Waals surface area contributed by atoms with Crippen LogP contribution in [0, 0.1) is 6.92 Å². The minimum atomic E-state index is -0.760. The van der Waals surface area contributed by atoms with Gasteiger partial charge in [-0.15, -0.1) is 11.8 Å². The number of carboxylic acid groups (broad SMARTS) is 1. The highest BCUT2D eigenvalue weighted by Gasteiger charge is 2.12. The lowest BCUT2D eigenvalue weighted by molar-refractivity contribution is -0.138. The van der Waals surface area contributed by atoms with Crippen LogP contribution in [0.15, 0.2) is 29.2 Å². The number of aryl methyl sites for hydroxylation is 1. The maximum Gasteiger partial charge on any atom is 0.317 e. The molecule has 1 aromatic carbocycles. The van der Waals surface area contributed by atoms with E-state index in [9.17, 15) is 4.79 Å². The third-order valence-corrected chi connectivity index (χ3v) is 3.73. The van der Waals surface area contributed by atoms with Crippen LogP contribution >= 0.6 is 11.8 Å². The highest BCUT2D eigenvalue weighted by atomic mass is 32.2. The van der Waals surface area contributed by atoms with Crippen LogP contribution in [-0.4, -0.2) is 40.9 Å². The van der Waals surface area contributed by atoms with Gasteiger partial charge in [-0.1, -0.05) is 17.7 Å². The Hall–Kier alpha value is -1.00. The van der Waals surface area contributed by atoms with Crippen LogP contribution in [0.3, 0.4) is 0 Å². The van der Waals surface area contributed by atoms with Gasteiger partial charge in [0.25, 0.3) is 0 Å². The number of rotatable bonds is 7. The van der Waals surface area contributed by atoms with Gasteiger partial charge in [-0.05, 0) is 32.9 Å². The van der Waals surface area contributed by atoms with Gasteiger partial charge >= 0.3 is 5.97 Å². The molecule has 0 aliphatic heterocycles. The molecule has 0 aromatic heterocycles. The third-order valence-electron chi connectivity index (χ3n) is 2.74. The van der Waals surface area contributed by atoms with Gasteiger partial charge in [-0.25, -0.2) is 0 Å². The molecular weight excluding hydrogens is 246 g/mol. The minimum Gasteiger partial charge on any atom is -0.480 e. The van der Waals surface area contributed by atoms with Crippen molar-refractivity contribution in [2.75, 3.05) is 18.8 Å². The highest BCUT2D eigenvalue weighted by molar-refractivity contribution is 7.99. The van der Waals surface area contributed by atoms with Gasteiger partial charge in [0.2, 0.25) is 0 Å². The van der Waals surface area contributed by atoms with Crippen molar-refractivity contribution < 1.29 is 9.90 Å². The Morgan fingerprint density at radius 2 is 1.94 bits per heavy atom. The molecule has 1 rings (SSSR count). The van der Waals surface area contributed by atoms with E-state index in [1.807, 2.05) is 18.7 Å². The average Bonchev–Trinajstić information content (AvgIpc) is 2.29. The Balaban J connectivity index is 2.38. The van der Waals surface area contributed by atoms with E-state index in [1.54, 1.807) is 11.8 Å². The lowest BCUT2D eigenvalue weighted by Gasteiger charge is -2.24. The van der Waals surface area contributed by atoms with Crippen molar-refractivity contribution in [3.8, 4) is 0 Å². The predicted octanol–water partition coefficient (Wildman–Crippen LogP) is 2.88. The first-order valence-electron chi connectivity index (χ1n) is 6.14. The molecule has 3 nitrogen and oxygen atoms in total. The SMILES string of the molecule is Cc1ccc(SCCN(CC(=O)O)C(C)C)cc1. The second kappa shape index (κ2) is 7.44. The van der Waals surface area contributed by atoms with Crippen LogP contribution < -0.4 is 0 Å². The van der Waals surface area contributed by atoms with Gasteiger partial charge < -0.3 is 5.11 Å². The summed E-state index contributed by atoms with van der Waals surface area (Å²) < 4.78 is 0. The van der Waals surface area contributed by atoms with E-state index in [1.165, 1.54) is 10.5 Å². The molecule has 0 saturated carbocycles. The van der Waals surface area contributed by atoms with Gasteiger partial charge in [0, 0.05) is 23.2 Å². The average molecular weight is 267 g/mol. The Morgan fingerprint density at radius 3 is 2.44 bits per heavy atom. The summed E-state index contributed by atoms with van der Waals surface area (Å²) in [4.78, 5) is 13.9. The molecule has 100 valence electrons. The van der Waals surface area contributed by atoms with E-state index in [-0.39, 0.29) is 12.6 Å². The quantitative estimate of drug-likeness (QED) is 0.771. The molecule has 0 atom stereocenters. The van der Waals surface area contributed by atoms with Crippen molar-refractivity contribution in [2.45, 2.75) is 31.7 Å². The second-order valence-corrected chi connectivity index (χ2v) is 5.79. The first-order valence-corrected chi connectivity index (χ1v) is 7.13. The van der Waals surface area contributed by atoms with Crippen LogP contribution in [0.2, 0.25) is 0 Å². The van der Waals surface area contributed by atoms with Crippen molar-refractivity contribution in [3.05, 3.63) is 29.8 Å². The molecule has 0 spiro atoms. The summed E-state index contributed by atoms with van der Waals surface area (Å²) >= 11 is 1.77. The zero-order valence-electron chi connectivity index (χ0n) is 11.2. The van der Waals surface area contributed by atoms with Crippen molar-refractivity contribution in [1.29, 1.82) is 0 Å². The summed E-state index contributed by atoms with van der Waals surface area (Å²) in [6.07, 6.45) is 0. The molecule has 0 fully saturated rings. The normalized spacial score (nSPS) is 11.2. The monoisotopic (exact) mass is 267 g/mol. The second-order valence-electron chi connectivity index (χ2n) is 4.62. The maximum atomic E-state index is 10.7. The van der Waals surface area contributed by atoms with E-state index in [4.69, 9.17) is 5.11 Å². The van der Waals surface area contributed by atoms with Gasteiger partial charge in [0.05, 0.1) is 6.54 Å². The van der Waals surface area contributed by atoms with Gasteiger partial charge in [0.15, 0.2) is 0 Å². The molecule has 0 heterocycles. The smallest absolute Gasteiger partial charge is 0.317 e. The summed E-state index contributed by atoms with van der Waals surface area (Å²) in [7, 11) is 0. The molecule has 4 heteroatoms. The lowest BCUT2D eigenvalue weighted by atomic mass is 10.2. The summed E-state index contributed by atoms with van der Waals surface area (Å²) in [5.74, 6) is 0.151. The summed E-state index contributed by atoms with van der Waals surface area (Å²) in [6.45, 7) is 7.04. The van der Waals surface area contributed by atoms with Gasteiger partial charge in [-0.3, -0.25) is 9.69 Å². The minimum absolute atomic E-state index is 0.117. The number of nitrogens with zero attached hydrogens (tertiary/aromatic N) is 1. The molecule has 1 aromatic rings. The molecule has 0 radical (unpaired) electrons. The van der Waals surface area contributed by atoms with Crippen LogP contribution in [0.1, 0.15) is 19.4 Å². The van der Waals surface area contributed by atoms with Crippen LogP contribution in [-0.2, 0) is 4.79 Å². The fourth-order valence-electron chi connectivity index (χ4n) is 1.61. The van der Waals surface area contributed by atoms with E-state index in [0.717, 1.165) is 12.3 Å². The van der Waals surface area contributed by atoms with Crippen LogP contribution in [0.25, 0.3) is 0 Å². The first-order chi connectivity index (χ1) is 8.49. The Bertz CT molecular complexity index is 376. The molecule has 0 bridgehead atoms. The van der Waals surface area contributed by atoms with E-state index >= 15 is 0 Å². The Morgan fingerprint density at radius 1 is 1.33 bits per heavy atom. The molecule has 0 saturated heterocycles. The molecule has 0 unspecified atom stereocenters. The van der Waals surface area contributed by atoms with E-state index < -0.39 is 5.97 Å². The predicted molar refractivity (Wildman–Crippen MR) is 76.2 cm³/mol. The summed E-state index contributed by atoms with van der Waals surface area (Å²) in [6, 6.07) is 8.67. The molecule has 0 aliphatic carbocycles. The number of carbonyl (C=O) groups is 1. The number of hydrogen-bond acceptors (Lipinski definition) is 3.